The van der Waals surface area contributed by atoms with Crippen LogP contribution in [0.1, 0.15) is 31.7 Å². The monoisotopic (exact) mass is 262 g/mol. The summed E-state index contributed by atoms with van der Waals surface area (Å²) in [4.78, 5) is 0. The summed E-state index contributed by atoms with van der Waals surface area (Å²) in [5.74, 6) is 1.78. The molecule has 0 saturated carbocycles. The number of hydrogen-bond acceptors (Lipinski definition) is 3. The molecule has 1 saturated heterocycles. The van der Waals surface area contributed by atoms with E-state index in [0.29, 0.717) is 0 Å². The van der Waals surface area contributed by atoms with Gasteiger partial charge in [0.2, 0.25) is 0 Å². The standard InChI is InChI=1S/C16H26N2O/c1-3-10-19-16-11-13(2)4-5-15(16)18-12-14-6-8-17-9-7-14/h4-5,11,14,17-18H,3,6-10,12H2,1-2H3. The Balaban J connectivity index is 1.93. The molecule has 2 N–H and O–H groups in total. The molecule has 0 amide bonds. The normalized spacial score (nSPS) is 16.3. The zero-order valence-electron chi connectivity index (χ0n) is 12.2. The van der Waals surface area contributed by atoms with Gasteiger partial charge in [-0.05, 0) is 62.9 Å². The number of piperidine rings is 1. The Hall–Kier alpha value is -1.22. The lowest BCUT2D eigenvalue weighted by Crippen LogP contribution is -2.31. The van der Waals surface area contributed by atoms with Gasteiger partial charge >= 0.3 is 0 Å². The number of ether oxygens (including phenoxy) is 1. The third-order valence-corrected chi connectivity index (χ3v) is 3.64. The fourth-order valence-corrected chi connectivity index (χ4v) is 2.45. The molecule has 0 radical (unpaired) electrons. The van der Waals surface area contributed by atoms with Crippen LogP contribution in [0.4, 0.5) is 5.69 Å². The SMILES string of the molecule is CCCOc1cc(C)ccc1NCC1CCNCC1. The average molecular weight is 262 g/mol. The molecular formula is C16H26N2O. The number of nitrogens with one attached hydrogen (secondary N) is 2. The quantitative estimate of drug-likeness (QED) is 0.826. The van der Waals surface area contributed by atoms with E-state index in [9.17, 15) is 0 Å². The first kappa shape index (κ1) is 14.2. The van der Waals surface area contributed by atoms with Crippen LogP contribution in [0.3, 0.4) is 0 Å². The second-order valence-electron chi connectivity index (χ2n) is 5.42. The van der Waals surface area contributed by atoms with Crippen molar-refractivity contribution in [3.63, 3.8) is 0 Å². The third kappa shape index (κ3) is 4.43. The Labute approximate surface area is 116 Å². The first-order valence-corrected chi connectivity index (χ1v) is 7.47. The summed E-state index contributed by atoms with van der Waals surface area (Å²) < 4.78 is 5.83. The molecule has 1 aliphatic rings. The molecule has 3 heteroatoms. The van der Waals surface area contributed by atoms with Crippen LogP contribution in [0.5, 0.6) is 5.75 Å². The lowest BCUT2D eigenvalue weighted by atomic mass is 9.98. The van der Waals surface area contributed by atoms with E-state index in [1.54, 1.807) is 0 Å². The maximum Gasteiger partial charge on any atom is 0.142 e. The summed E-state index contributed by atoms with van der Waals surface area (Å²) >= 11 is 0. The van der Waals surface area contributed by atoms with Crippen molar-refractivity contribution >= 4 is 5.69 Å². The van der Waals surface area contributed by atoms with E-state index in [0.717, 1.165) is 50.0 Å². The molecule has 0 atom stereocenters. The highest BCUT2D eigenvalue weighted by molar-refractivity contribution is 5.57. The number of hydrogen-bond donors (Lipinski definition) is 2. The van der Waals surface area contributed by atoms with Crippen LogP contribution < -0.4 is 15.4 Å². The van der Waals surface area contributed by atoms with Gasteiger partial charge in [0.25, 0.3) is 0 Å². The Kier molecular flexibility index (Phi) is 5.52. The van der Waals surface area contributed by atoms with Crippen LogP contribution in [0.25, 0.3) is 0 Å². The molecule has 3 nitrogen and oxygen atoms in total. The third-order valence-electron chi connectivity index (χ3n) is 3.64. The van der Waals surface area contributed by atoms with Crippen molar-refractivity contribution in [2.24, 2.45) is 5.92 Å². The summed E-state index contributed by atoms with van der Waals surface area (Å²) in [6.07, 6.45) is 3.58. The maximum atomic E-state index is 5.83. The predicted molar refractivity (Wildman–Crippen MR) is 81.0 cm³/mol. The first-order chi connectivity index (χ1) is 9.29. The summed E-state index contributed by atoms with van der Waals surface area (Å²) in [7, 11) is 0. The molecule has 1 aromatic carbocycles. The summed E-state index contributed by atoms with van der Waals surface area (Å²) in [6.45, 7) is 8.38. The number of rotatable bonds is 6. The van der Waals surface area contributed by atoms with Crippen molar-refractivity contribution in [3.8, 4) is 5.75 Å². The summed E-state index contributed by atoms with van der Waals surface area (Å²) in [6, 6.07) is 6.41. The zero-order chi connectivity index (χ0) is 13.5. The molecule has 0 spiro atoms. The molecule has 0 aromatic heterocycles. The van der Waals surface area contributed by atoms with E-state index in [2.05, 4.69) is 42.7 Å². The largest absolute Gasteiger partial charge is 0.491 e. The topological polar surface area (TPSA) is 33.3 Å². The second kappa shape index (κ2) is 7.39. The highest BCUT2D eigenvalue weighted by Crippen LogP contribution is 2.26. The van der Waals surface area contributed by atoms with Crippen LogP contribution in [0.2, 0.25) is 0 Å². The van der Waals surface area contributed by atoms with Crippen LogP contribution in [-0.2, 0) is 0 Å². The van der Waals surface area contributed by atoms with Gasteiger partial charge in [0, 0.05) is 6.54 Å². The smallest absolute Gasteiger partial charge is 0.142 e. The van der Waals surface area contributed by atoms with Gasteiger partial charge in [-0.25, -0.2) is 0 Å². The molecule has 19 heavy (non-hydrogen) atoms. The summed E-state index contributed by atoms with van der Waals surface area (Å²) in [5, 5.41) is 6.97. The van der Waals surface area contributed by atoms with Crippen molar-refractivity contribution in [2.75, 3.05) is 31.6 Å². The Morgan fingerprint density at radius 2 is 2.11 bits per heavy atom. The fourth-order valence-electron chi connectivity index (χ4n) is 2.45. The highest BCUT2D eigenvalue weighted by Gasteiger charge is 2.13. The van der Waals surface area contributed by atoms with Crippen molar-refractivity contribution in [1.82, 2.24) is 5.32 Å². The van der Waals surface area contributed by atoms with Crippen molar-refractivity contribution < 1.29 is 4.74 Å². The van der Waals surface area contributed by atoms with Crippen LogP contribution in [-0.4, -0.2) is 26.2 Å². The van der Waals surface area contributed by atoms with Gasteiger partial charge in [0.05, 0.1) is 12.3 Å². The van der Waals surface area contributed by atoms with E-state index >= 15 is 0 Å². The van der Waals surface area contributed by atoms with E-state index in [1.807, 2.05) is 0 Å². The predicted octanol–water partition coefficient (Wildman–Crippen LogP) is 3.20. The minimum Gasteiger partial charge on any atom is -0.491 e. The van der Waals surface area contributed by atoms with E-state index < -0.39 is 0 Å². The molecule has 1 heterocycles. The molecule has 0 bridgehead atoms. The molecule has 1 aromatic rings. The van der Waals surface area contributed by atoms with Crippen LogP contribution in [0.15, 0.2) is 18.2 Å². The van der Waals surface area contributed by atoms with Gasteiger partial charge < -0.3 is 15.4 Å². The van der Waals surface area contributed by atoms with Crippen LogP contribution in [0, 0.1) is 12.8 Å². The van der Waals surface area contributed by atoms with Gasteiger partial charge in [-0.15, -0.1) is 0 Å². The van der Waals surface area contributed by atoms with Crippen LogP contribution >= 0.6 is 0 Å². The van der Waals surface area contributed by atoms with E-state index in [1.165, 1.54) is 18.4 Å². The van der Waals surface area contributed by atoms with Gasteiger partial charge in [-0.2, -0.15) is 0 Å². The van der Waals surface area contributed by atoms with Gasteiger partial charge in [-0.1, -0.05) is 13.0 Å². The number of anilines is 1. The Morgan fingerprint density at radius 3 is 2.84 bits per heavy atom. The maximum absolute atomic E-state index is 5.83. The number of aryl methyl sites for hydroxylation is 1. The van der Waals surface area contributed by atoms with E-state index in [-0.39, 0.29) is 0 Å². The number of benzene rings is 1. The van der Waals surface area contributed by atoms with Crippen molar-refractivity contribution in [1.29, 1.82) is 0 Å². The lowest BCUT2D eigenvalue weighted by molar-refractivity contribution is 0.318. The van der Waals surface area contributed by atoms with Gasteiger partial charge in [0.15, 0.2) is 0 Å². The molecular weight excluding hydrogens is 236 g/mol. The van der Waals surface area contributed by atoms with Crippen molar-refractivity contribution in [3.05, 3.63) is 23.8 Å². The highest BCUT2D eigenvalue weighted by atomic mass is 16.5. The molecule has 1 fully saturated rings. The minimum absolute atomic E-state index is 0.779. The second-order valence-corrected chi connectivity index (χ2v) is 5.42. The Bertz CT molecular complexity index is 386. The van der Waals surface area contributed by atoms with E-state index in [4.69, 9.17) is 4.74 Å². The molecule has 106 valence electrons. The van der Waals surface area contributed by atoms with Gasteiger partial charge in [-0.3, -0.25) is 0 Å². The van der Waals surface area contributed by atoms with Crippen molar-refractivity contribution in [2.45, 2.75) is 33.1 Å². The molecule has 0 aliphatic carbocycles. The molecule has 0 unspecified atom stereocenters. The average Bonchev–Trinajstić information content (AvgIpc) is 2.45. The lowest BCUT2D eigenvalue weighted by Gasteiger charge is -2.24. The minimum atomic E-state index is 0.779. The zero-order valence-corrected chi connectivity index (χ0v) is 12.2. The molecule has 2 rings (SSSR count). The molecule has 1 aliphatic heterocycles. The summed E-state index contributed by atoms with van der Waals surface area (Å²) in [5.41, 5.74) is 2.39. The Morgan fingerprint density at radius 1 is 1.32 bits per heavy atom. The first-order valence-electron chi connectivity index (χ1n) is 7.47. The van der Waals surface area contributed by atoms with Gasteiger partial charge in [0.1, 0.15) is 5.75 Å². The fraction of sp³-hybridized carbons (Fsp3) is 0.625.